The summed E-state index contributed by atoms with van der Waals surface area (Å²) in [7, 11) is 0. The fourth-order valence-electron chi connectivity index (χ4n) is 1.07. The Kier molecular flexibility index (Phi) is 6.80. The van der Waals surface area contributed by atoms with E-state index in [1.54, 1.807) is 20.8 Å². The normalized spacial score (nSPS) is 13.0. The van der Waals surface area contributed by atoms with Crippen molar-refractivity contribution in [1.29, 1.82) is 0 Å². The number of amides is 2. The minimum absolute atomic E-state index is 0.0156. The van der Waals surface area contributed by atoms with E-state index in [4.69, 9.17) is 0 Å². The monoisotopic (exact) mass is 244 g/mol. The van der Waals surface area contributed by atoms with Gasteiger partial charge in [-0.05, 0) is 12.8 Å². The number of carbonyl (C=O) groups is 2. The first-order valence-electron chi connectivity index (χ1n) is 6.00. The molecule has 0 aliphatic heterocycles. The summed E-state index contributed by atoms with van der Waals surface area (Å²) in [5.41, 5.74) is -0.487. The highest BCUT2D eigenvalue weighted by Crippen LogP contribution is 2.11. The maximum atomic E-state index is 11.5. The van der Waals surface area contributed by atoms with E-state index in [1.807, 2.05) is 6.92 Å². The zero-order valence-electron chi connectivity index (χ0n) is 11.2. The van der Waals surface area contributed by atoms with E-state index < -0.39 is 5.41 Å². The van der Waals surface area contributed by atoms with Crippen molar-refractivity contribution in [3.05, 3.63) is 0 Å². The van der Waals surface area contributed by atoms with E-state index in [9.17, 15) is 14.7 Å². The summed E-state index contributed by atoms with van der Waals surface area (Å²) in [6.45, 7) is 7.67. The minimum atomic E-state index is -0.487. The van der Waals surface area contributed by atoms with Crippen LogP contribution in [0.1, 0.15) is 40.5 Å². The lowest BCUT2D eigenvalue weighted by atomic mass is 9.96. The molecule has 2 amide bonds. The molecule has 0 radical (unpaired) electrons. The van der Waals surface area contributed by atoms with Crippen LogP contribution in [-0.2, 0) is 9.59 Å². The van der Waals surface area contributed by atoms with Crippen LogP contribution in [0.4, 0.5) is 0 Å². The average molecular weight is 244 g/mol. The lowest BCUT2D eigenvalue weighted by Gasteiger charge is -2.17. The van der Waals surface area contributed by atoms with Crippen molar-refractivity contribution in [2.75, 3.05) is 13.1 Å². The molecule has 0 aliphatic rings. The van der Waals surface area contributed by atoms with Gasteiger partial charge in [-0.3, -0.25) is 9.59 Å². The second-order valence-corrected chi connectivity index (χ2v) is 5.13. The molecule has 0 aromatic rings. The molecule has 0 spiro atoms. The maximum absolute atomic E-state index is 11.5. The van der Waals surface area contributed by atoms with Gasteiger partial charge in [0, 0.05) is 12.0 Å². The number of hydrogen-bond donors (Lipinski definition) is 3. The molecule has 1 atom stereocenters. The molecule has 0 aromatic heterocycles. The molecule has 17 heavy (non-hydrogen) atoms. The number of carbonyl (C=O) groups excluding carboxylic acids is 2. The van der Waals surface area contributed by atoms with E-state index in [0.29, 0.717) is 19.4 Å². The third-order valence-corrected chi connectivity index (χ3v) is 2.36. The van der Waals surface area contributed by atoms with Gasteiger partial charge in [0.25, 0.3) is 0 Å². The SMILES string of the molecule is CCC(O)CCNC(=O)CNC(=O)C(C)(C)C. The molecule has 0 bridgehead atoms. The summed E-state index contributed by atoms with van der Waals surface area (Å²) in [5, 5.41) is 14.5. The van der Waals surface area contributed by atoms with Crippen molar-refractivity contribution in [2.24, 2.45) is 5.41 Å². The quantitative estimate of drug-likeness (QED) is 0.634. The van der Waals surface area contributed by atoms with Crippen LogP contribution < -0.4 is 10.6 Å². The zero-order chi connectivity index (χ0) is 13.5. The third kappa shape index (κ3) is 7.74. The van der Waals surface area contributed by atoms with Gasteiger partial charge in [0.05, 0.1) is 12.6 Å². The lowest BCUT2D eigenvalue weighted by Crippen LogP contribution is -2.42. The Morgan fingerprint density at radius 2 is 1.82 bits per heavy atom. The van der Waals surface area contributed by atoms with Gasteiger partial charge >= 0.3 is 0 Å². The molecule has 5 nitrogen and oxygen atoms in total. The van der Waals surface area contributed by atoms with Crippen molar-refractivity contribution in [3.63, 3.8) is 0 Å². The summed E-state index contributed by atoms with van der Waals surface area (Å²) in [5.74, 6) is -0.382. The number of rotatable bonds is 6. The standard InChI is InChI=1S/C12H24N2O3/c1-5-9(15)6-7-13-10(16)8-14-11(17)12(2,3)4/h9,15H,5-8H2,1-4H3,(H,13,16)(H,14,17). The van der Waals surface area contributed by atoms with Crippen LogP contribution in [0.15, 0.2) is 0 Å². The Labute approximate surface area is 103 Å². The van der Waals surface area contributed by atoms with Gasteiger partial charge in [-0.1, -0.05) is 27.7 Å². The first-order valence-corrected chi connectivity index (χ1v) is 6.00. The van der Waals surface area contributed by atoms with E-state index in [1.165, 1.54) is 0 Å². The molecule has 0 aliphatic carbocycles. The number of aliphatic hydroxyl groups is 1. The second kappa shape index (κ2) is 7.27. The first-order chi connectivity index (χ1) is 7.77. The van der Waals surface area contributed by atoms with Crippen molar-refractivity contribution in [1.82, 2.24) is 10.6 Å². The van der Waals surface area contributed by atoms with Crippen LogP contribution in [-0.4, -0.2) is 36.1 Å². The molecular formula is C12H24N2O3. The Hall–Kier alpha value is -1.10. The molecule has 0 saturated carbocycles. The number of nitrogens with one attached hydrogen (secondary N) is 2. The van der Waals surface area contributed by atoms with Gasteiger partial charge in [0.2, 0.25) is 11.8 Å². The van der Waals surface area contributed by atoms with Crippen molar-refractivity contribution in [3.8, 4) is 0 Å². The molecule has 3 N–H and O–H groups in total. The Bertz CT molecular complexity index is 259. The highest BCUT2D eigenvalue weighted by molar-refractivity contribution is 5.87. The number of aliphatic hydroxyl groups excluding tert-OH is 1. The van der Waals surface area contributed by atoms with E-state index in [-0.39, 0.29) is 24.5 Å². The molecule has 1 unspecified atom stereocenters. The smallest absolute Gasteiger partial charge is 0.239 e. The van der Waals surface area contributed by atoms with Gasteiger partial charge in [0.1, 0.15) is 0 Å². The summed E-state index contributed by atoms with van der Waals surface area (Å²) in [6, 6.07) is 0. The fraction of sp³-hybridized carbons (Fsp3) is 0.833. The summed E-state index contributed by atoms with van der Waals surface area (Å²) in [4.78, 5) is 22.8. The van der Waals surface area contributed by atoms with Gasteiger partial charge in [-0.2, -0.15) is 0 Å². The molecule has 0 fully saturated rings. The van der Waals surface area contributed by atoms with E-state index >= 15 is 0 Å². The van der Waals surface area contributed by atoms with E-state index in [0.717, 1.165) is 0 Å². The van der Waals surface area contributed by atoms with Gasteiger partial charge in [0.15, 0.2) is 0 Å². The van der Waals surface area contributed by atoms with Crippen LogP contribution in [0.5, 0.6) is 0 Å². The van der Waals surface area contributed by atoms with Crippen LogP contribution in [0.3, 0.4) is 0 Å². The summed E-state index contributed by atoms with van der Waals surface area (Å²) < 4.78 is 0. The van der Waals surface area contributed by atoms with Crippen molar-refractivity contribution in [2.45, 2.75) is 46.6 Å². The van der Waals surface area contributed by atoms with Crippen LogP contribution in [0.2, 0.25) is 0 Å². The van der Waals surface area contributed by atoms with Gasteiger partial charge in [-0.25, -0.2) is 0 Å². The topological polar surface area (TPSA) is 78.4 Å². The van der Waals surface area contributed by atoms with Crippen LogP contribution in [0, 0.1) is 5.41 Å². The number of hydrogen-bond acceptors (Lipinski definition) is 3. The summed E-state index contributed by atoms with van der Waals surface area (Å²) >= 11 is 0. The molecule has 5 heteroatoms. The van der Waals surface area contributed by atoms with Crippen molar-refractivity contribution >= 4 is 11.8 Å². The van der Waals surface area contributed by atoms with E-state index in [2.05, 4.69) is 10.6 Å². The van der Waals surface area contributed by atoms with Crippen LogP contribution in [0.25, 0.3) is 0 Å². The Morgan fingerprint density at radius 3 is 2.29 bits per heavy atom. The molecule has 100 valence electrons. The summed E-state index contributed by atoms with van der Waals surface area (Å²) in [6.07, 6.45) is 0.839. The lowest BCUT2D eigenvalue weighted by molar-refractivity contribution is -0.131. The largest absolute Gasteiger partial charge is 0.393 e. The fourth-order valence-corrected chi connectivity index (χ4v) is 1.07. The Morgan fingerprint density at radius 1 is 1.24 bits per heavy atom. The Balaban J connectivity index is 3.71. The molecule has 0 heterocycles. The van der Waals surface area contributed by atoms with Gasteiger partial charge < -0.3 is 15.7 Å². The third-order valence-electron chi connectivity index (χ3n) is 2.36. The molecular weight excluding hydrogens is 220 g/mol. The average Bonchev–Trinajstić information content (AvgIpc) is 2.24. The molecule has 0 saturated heterocycles. The zero-order valence-corrected chi connectivity index (χ0v) is 11.2. The second-order valence-electron chi connectivity index (χ2n) is 5.13. The minimum Gasteiger partial charge on any atom is -0.393 e. The highest BCUT2D eigenvalue weighted by Gasteiger charge is 2.21. The highest BCUT2D eigenvalue weighted by atomic mass is 16.3. The first kappa shape index (κ1) is 15.9. The predicted octanol–water partition coefficient (Wildman–Crippen LogP) is 0.426. The molecule has 0 aromatic carbocycles. The molecule has 0 rings (SSSR count). The maximum Gasteiger partial charge on any atom is 0.239 e. The van der Waals surface area contributed by atoms with Crippen LogP contribution >= 0.6 is 0 Å². The van der Waals surface area contributed by atoms with Gasteiger partial charge in [-0.15, -0.1) is 0 Å². The van der Waals surface area contributed by atoms with Crippen molar-refractivity contribution < 1.29 is 14.7 Å². The predicted molar refractivity (Wildman–Crippen MR) is 66.4 cm³/mol.